The summed E-state index contributed by atoms with van der Waals surface area (Å²) >= 11 is 0. The van der Waals surface area contributed by atoms with Crippen molar-refractivity contribution in [3.05, 3.63) is 89.1 Å². The second-order valence-electron chi connectivity index (χ2n) is 5.81. The Morgan fingerprint density at radius 1 is 0.917 bits per heavy atom. The number of fused-ring (bicyclic) bond motifs is 1. The van der Waals surface area contributed by atoms with Crippen LogP contribution in [0.15, 0.2) is 77.4 Å². The van der Waals surface area contributed by atoms with E-state index in [0.717, 1.165) is 27.5 Å². The predicted octanol–water partition coefficient (Wildman–Crippen LogP) is 4.49. The highest BCUT2D eigenvalue weighted by Gasteiger charge is 2.24. The molecule has 1 heterocycles. The van der Waals surface area contributed by atoms with Crippen molar-refractivity contribution in [2.45, 2.75) is 6.92 Å². The summed E-state index contributed by atoms with van der Waals surface area (Å²) in [6.07, 6.45) is 1.75. The Kier molecular flexibility index (Phi) is 3.47. The van der Waals surface area contributed by atoms with Crippen molar-refractivity contribution in [1.82, 2.24) is 0 Å². The fourth-order valence-electron chi connectivity index (χ4n) is 2.77. The molecule has 0 spiro atoms. The van der Waals surface area contributed by atoms with Gasteiger partial charge in [-0.2, -0.15) is 0 Å². The summed E-state index contributed by atoms with van der Waals surface area (Å²) in [6.45, 7) is 2.01. The average Bonchev–Trinajstić information content (AvgIpc) is 2.95. The number of carbonyl (C=O) groups is 1. The number of benzene rings is 3. The standard InChI is InChI=1S/C21H15NO2/c1-14-5-4-6-15(11-14)12-19-21(23)24-20(22-19)18-10-9-16-7-2-3-8-17(16)13-18/h2-13H,1H3/b19-12-. The molecule has 3 aromatic rings. The fraction of sp³-hybridized carbons (Fsp3) is 0.0476. The Morgan fingerprint density at radius 2 is 1.75 bits per heavy atom. The first-order valence-corrected chi connectivity index (χ1v) is 7.77. The van der Waals surface area contributed by atoms with Crippen LogP contribution in [0.3, 0.4) is 0 Å². The number of ether oxygens (including phenoxy) is 1. The van der Waals surface area contributed by atoms with Gasteiger partial charge in [0.1, 0.15) is 0 Å². The monoisotopic (exact) mass is 313 g/mol. The van der Waals surface area contributed by atoms with Crippen LogP contribution < -0.4 is 0 Å². The lowest BCUT2D eigenvalue weighted by atomic mass is 10.1. The summed E-state index contributed by atoms with van der Waals surface area (Å²) in [5, 5.41) is 2.23. The first-order valence-electron chi connectivity index (χ1n) is 7.77. The first-order chi connectivity index (χ1) is 11.7. The number of esters is 1. The average molecular weight is 313 g/mol. The molecule has 0 N–H and O–H groups in total. The SMILES string of the molecule is Cc1cccc(/C=C2\N=C(c3ccc4ccccc4c3)OC2=O)c1. The van der Waals surface area contributed by atoms with Crippen LogP contribution in [-0.2, 0) is 9.53 Å². The molecule has 0 saturated carbocycles. The fourth-order valence-corrected chi connectivity index (χ4v) is 2.77. The van der Waals surface area contributed by atoms with E-state index in [0.29, 0.717) is 11.6 Å². The molecule has 4 rings (SSSR count). The maximum absolute atomic E-state index is 12.1. The van der Waals surface area contributed by atoms with E-state index in [1.165, 1.54) is 0 Å². The molecule has 3 nitrogen and oxygen atoms in total. The number of rotatable bonds is 2. The van der Waals surface area contributed by atoms with Crippen molar-refractivity contribution in [2.75, 3.05) is 0 Å². The second kappa shape index (κ2) is 5.78. The lowest BCUT2D eigenvalue weighted by Crippen LogP contribution is -2.05. The lowest BCUT2D eigenvalue weighted by Gasteiger charge is -2.02. The molecule has 0 radical (unpaired) electrons. The molecule has 116 valence electrons. The number of nitrogens with zero attached hydrogens (tertiary/aromatic N) is 1. The topological polar surface area (TPSA) is 38.7 Å². The van der Waals surface area contributed by atoms with Crippen molar-refractivity contribution in [1.29, 1.82) is 0 Å². The Morgan fingerprint density at radius 3 is 2.58 bits per heavy atom. The highest BCUT2D eigenvalue weighted by Crippen LogP contribution is 2.22. The van der Waals surface area contributed by atoms with Gasteiger partial charge in [-0.05, 0) is 41.5 Å². The van der Waals surface area contributed by atoms with E-state index in [1.807, 2.05) is 73.7 Å². The number of hydrogen-bond donors (Lipinski definition) is 0. The van der Waals surface area contributed by atoms with E-state index in [4.69, 9.17) is 4.74 Å². The molecule has 0 amide bonds. The van der Waals surface area contributed by atoms with E-state index < -0.39 is 5.97 Å². The molecule has 0 unspecified atom stereocenters. The molecular formula is C21H15NO2. The highest BCUT2D eigenvalue weighted by atomic mass is 16.6. The molecule has 1 aliphatic rings. The summed E-state index contributed by atoms with van der Waals surface area (Å²) in [5.74, 6) is -0.0654. The number of carbonyl (C=O) groups excluding carboxylic acids is 1. The van der Waals surface area contributed by atoms with Crippen LogP contribution in [0.1, 0.15) is 16.7 Å². The molecule has 0 bridgehead atoms. The Bertz CT molecular complexity index is 1020. The van der Waals surface area contributed by atoms with Crippen LogP contribution in [0.2, 0.25) is 0 Å². The maximum Gasteiger partial charge on any atom is 0.363 e. The normalized spacial score (nSPS) is 15.6. The summed E-state index contributed by atoms with van der Waals surface area (Å²) in [6, 6.07) is 21.9. The molecular weight excluding hydrogens is 298 g/mol. The predicted molar refractivity (Wildman–Crippen MR) is 95.7 cm³/mol. The number of hydrogen-bond acceptors (Lipinski definition) is 3. The van der Waals surface area contributed by atoms with Gasteiger partial charge < -0.3 is 4.74 Å². The zero-order chi connectivity index (χ0) is 16.5. The van der Waals surface area contributed by atoms with Crippen molar-refractivity contribution >= 4 is 28.7 Å². The molecule has 3 heteroatoms. The van der Waals surface area contributed by atoms with Crippen LogP contribution >= 0.6 is 0 Å². The smallest absolute Gasteiger partial charge is 0.363 e. The van der Waals surface area contributed by atoms with Crippen molar-refractivity contribution < 1.29 is 9.53 Å². The Hall–Kier alpha value is -3.20. The molecule has 1 aliphatic heterocycles. The van der Waals surface area contributed by atoms with Gasteiger partial charge in [-0.1, -0.05) is 60.2 Å². The number of cyclic esters (lactones) is 1. The van der Waals surface area contributed by atoms with Crippen molar-refractivity contribution in [2.24, 2.45) is 4.99 Å². The van der Waals surface area contributed by atoms with Crippen molar-refractivity contribution in [3.8, 4) is 0 Å². The van der Waals surface area contributed by atoms with E-state index in [2.05, 4.69) is 4.99 Å². The molecule has 0 atom stereocenters. The largest absolute Gasteiger partial charge is 0.402 e. The third-order valence-corrected chi connectivity index (χ3v) is 3.96. The highest BCUT2D eigenvalue weighted by molar-refractivity contribution is 6.13. The van der Waals surface area contributed by atoms with Crippen LogP contribution in [0.5, 0.6) is 0 Å². The minimum Gasteiger partial charge on any atom is -0.402 e. The summed E-state index contributed by atoms with van der Waals surface area (Å²) in [7, 11) is 0. The number of aliphatic imine (C=N–C) groups is 1. The van der Waals surface area contributed by atoms with Gasteiger partial charge in [0.2, 0.25) is 5.90 Å². The van der Waals surface area contributed by atoms with Gasteiger partial charge >= 0.3 is 5.97 Å². The molecule has 0 fully saturated rings. The van der Waals surface area contributed by atoms with Gasteiger partial charge in [-0.15, -0.1) is 0 Å². The van der Waals surface area contributed by atoms with Gasteiger partial charge in [-0.25, -0.2) is 9.79 Å². The van der Waals surface area contributed by atoms with E-state index >= 15 is 0 Å². The molecule has 24 heavy (non-hydrogen) atoms. The molecule has 0 aliphatic carbocycles. The lowest BCUT2D eigenvalue weighted by molar-refractivity contribution is -0.129. The van der Waals surface area contributed by atoms with Crippen molar-refractivity contribution in [3.63, 3.8) is 0 Å². The van der Waals surface area contributed by atoms with E-state index in [-0.39, 0.29) is 0 Å². The summed E-state index contributed by atoms with van der Waals surface area (Å²) < 4.78 is 5.35. The second-order valence-corrected chi connectivity index (χ2v) is 5.81. The first kappa shape index (κ1) is 14.4. The summed E-state index contributed by atoms with van der Waals surface area (Å²) in [4.78, 5) is 16.5. The van der Waals surface area contributed by atoms with Crippen LogP contribution in [0.25, 0.3) is 16.8 Å². The van der Waals surface area contributed by atoms with Gasteiger partial charge in [-0.3, -0.25) is 0 Å². The van der Waals surface area contributed by atoms with Crippen LogP contribution in [0.4, 0.5) is 0 Å². The minimum atomic E-state index is -0.417. The molecule has 0 saturated heterocycles. The summed E-state index contributed by atoms with van der Waals surface area (Å²) in [5.41, 5.74) is 3.19. The third kappa shape index (κ3) is 2.72. The van der Waals surface area contributed by atoms with Gasteiger partial charge in [0, 0.05) is 5.56 Å². The number of aryl methyl sites for hydroxylation is 1. The third-order valence-electron chi connectivity index (χ3n) is 3.96. The van der Waals surface area contributed by atoms with Gasteiger partial charge in [0.15, 0.2) is 5.70 Å². The van der Waals surface area contributed by atoms with Crippen LogP contribution in [-0.4, -0.2) is 11.9 Å². The van der Waals surface area contributed by atoms with E-state index in [9.17, 15) is 4.79 Å². The molecule has 3 aromatic carbocycles. The maximum atomic E-state index is 12.1. The Labute approximate surface area is 139 Å². The Balaban J connectivity index is 1.72. The van der Waals surface area contributed by atoms with Crippen LogP contribution in [0, 0.1) is 6.92 Å². The van der Waals surface area contributed by atoms with Gasteiger partial charge in [0.05, 0.1) is 0 Å². The minimum absolute atomic E-state index is 0.323. The zero-order valence-electron chi connectivity index (χ0n) is 13.2. The van der Waals surface area contributed by atoms with Gasteiger partial charge in [0.25, 0.3) is 0 Å². The van der Waals surface area contributed by atoms with E-state index in [1.54, 1.807) is 6.08 Å². The molecule has 0 aromatic heterocycles. The quantitative estimate of drug-likeness (QED) is 0.516. The zero-order valence-corrected chi connectivity index (χ0v) is 13.2.